The molecule has 0 unspecified atom stereocenters. The van der Waals surface area contributed by atoms with Gasteiger partial charge in [-0.1, -0.05) is 7.43 Å². The molecule has 0 aliphatic rings. The van der Waals surface area contributed by atoms with Crippen LogP contribution in [-0.4, -0.2) is 14.7 Å². The summed E-state index contributed by atoms with van der Waals surface area (Å²) in [6, 6.07) is 0. The van der Waals surface area contributed by atoms with Crippen molar-refractivity contribution >= 4 is 10.7 Å². The van der Waals surface area contributed by atoms with Crippen LogP contribution in [0.3, 0.4) is 0 Å². The van der Waals surface area contributed by atoms with Crippen molar-refractivity contribution in [1.82, 2.24) is 0 Å². The van der Waals surface area contributed by atoms with Gasteiger partial charge in [-0.25, -0.2) is 8.42 Å². The Kier molecular flexibility index (Phi) is 7.01. The highest BCUT2D eigenvalue weighted by Crippen LogP contribution is 1.29. The van der Waals surface area contributed by atoms with Crippen molar-refractivity contribution in [3.8, 4) is 0 Å². The molecule has 5 heavy (non-hydrogen) atoms. The molecule has 0 aromatic rings. The van der Waals surface area contributed by atoms with Crippen LogP contribution in [0.2, 0.25) is 0 Å². The van der Waals surface area contributed by atoms with Gasteiger partial charge in [-0.3, -0.25) is 0 Å². The fourth-order valence-electron chi connectivity index (χ4n) is 0. The van der Waals surface area contributed by atoms with Gasteiger partial charge in [-0.2, -0.15) is 0 Å². The Balaban J connectivity index is 0. The Morgan fingerprint density at radius 1 is 1.40 bits per heavy atom. The van der Waals surface area contributed by atoms with Crippen molar-refractivity contribution in [2.24, 2.45) is 0 Å². The van der Waals surface area contributed by atoms with E-state index in [-0.39, 0.29) is 7.43 Å². The molecule has 0 radical (unpaired) electrons. The van der Waals surface area contributed by atoms with Gasteiger partial charge in [0.05, 0.1) is 0 Å². The van der Waals surface area contributed by atoms with E-state index in [9.17, 15) is 0 Å². The van der Waals surface area contributed by atoms with Gasteiger partial charge in [0.2, 0.25) is 0 Å². The molecule has 0 amide bonds. The minimum absolute atomic E-state index is 0. The van der Waals surface area contributed by atoms with Crippen LogP contribution >= 0.6 is 0 Å². The third-order valence-electron chi connectivity index (χ3n) is 0. The normalized spacial score (nSPS) is 6.80. The molecule has 0 aromatic heterocycles. The maximum Gasteiger partial charge on any atom is 0.137 e. The van der Waals surface area contributed by atoms with Crippen LogP contribution in [-0.2, 0) is 10.7 Å². The van der Waals surface area contributed by atoms with Crippen LogP contribution in [0.1, 0.15) is 7.43 Å². The molecule has 0 spiro atoms. The molecule has 0 saturated heterocycles. The van der Waals surface area contributed by atoms with E-state index < -0.39 is 10.7 Å². The Labute approximate surface area is 33.8 Å². The van der Waals surface area contributed by atoms with Crippen molar-refractivity contribution < 1.29 is 8.42 Å². The summed E-state index contributed by atoms with van der Waals surface area (Å²) >= 11 is 0. The quantitative estimate of drug-likeness (QED) is 0.426. The number of hydrogen-bond donors (Lipinski definition) is 1. The molecule has 2 nitrogen and oxygen atoms in total. The average molecular weight is 96.2 g/mol. The Bertz CT molecular complexity index is 56.0. The summed E-state index contributed by atoms with van der Waals surface area (Å²) in [6.07, 6.45) is 1.12. The molecule has 0 N–H and O–H groups in total. The highest BCUT2D eigenvalue weighted by molar-refractivity contribution is 7.71. The Hall–Kier alpha value is -0.0500. The summed E-state index contributed by atoms with van der Waals surface area (Å²) in [7, 11) is -2.12. The molecular formula is C2H8O2S. The van der Waals surface area contributed by atoms with Gasteiger partial charge in [-0.15, -0.1) is 0 Å². The molecule has 0 rings (SSSR count). The van der Waals surface area contributed by atoms with Crippen LogP contribution < -0.4 is 0 Å². The molecule has 0 heterocycles. The molecular weight excluding hydrogens is 88.1 g/mol. The molecule has 0 saturated carbocycles. The lowest BCUT2D eigenvalue weighted by molar-refractivity contribution is 0.619. The standard InChI is InChI=1S/CH4O2S.CH4/c1-4(2)3;/h4H,1H3;1H4. The first-order valence-electron chi connectivity index (χ1n) is 0.812. The van der Waals surface area contributed by atoms with Crippen LogP contribution in [0.25, 0.3) is 0 Å². The predicted molar refractivity (Wildman–Crippen MR) is 23.0 cm³/mol. The van der Waals surface area contributed by atoms with E-state index in [1.165, 1.54) is 0 Å². The molecule has 0 bridgehead atoms. The van der Waals surface area contributed by atoms with E-state index in [0.29, 0.717) is 0 Å². The Morgan fingerprint density at radius 2 is 1.40 bits per heavy atom. The molecule has 0 atom stereocenters. The zero-order valence-electron chi connectivity index (χ0n) is 2.26. The van der Waals surface area contributed by atoms with E-state index >= 15 is 0 Å². The monoisotopic (exact) mass is 96.0 g/mol. The number of hydrogen-bond acceptors (Lipinski definition) is 2. The lowest BCUT2D eigenvalue weighted by Gasteiger charge is -1.41. The van der Waals surface area contributed by atoms with Gasteiger partial charge in [0.15, 0.2) is 0 Å². The fourth-order valence-corrected chi connectivity index (χ4v) is 0. The van der Waals surface area contributed by atoms with E-state index in [4.69, 9.17) is 8.42 Å². The van der Waals surface area contributed by atoms with Crippen molar-refractivity contribution in [2.45, 2.75) is 7.43 Å². The van der Waals surface area contributed by atoms with Crippen LogP contribution in [0.4, 0.5) is 0 Å². The van der Waals surface area contributed by atoms with E-state index in [0.717, 1.165) is 6.26 Å². The highest BCUT2D eigenvalue weighted by atomic mass is 32.2. The first kappa shape index (κ1) is 8.87. The molecule has 3 heteroatoms. The van der Waals surface area contributed by atoms with E-state index in [1.54, 1.807) is 0 Å². The number of thiol groups is 1. The van der Waals surface area contributed by atoms with Crippen LogP contribution in [0, 0.1) is 0 Å². The number of rotatable bonds is 0. The van der Waals surface area contributed by atoms with E-state index in [2.05, 4.69) is 0 Å². The lowest BCUT2D eigenvalue weighted by atomic mass is 12.0. The average Bonchev–Trinajstić information content (AvgIpc) is 0.811. The fraction of sp³-hybridized carbons (Fsp3) is 1.00. The minimum atomic E-state index is -2.12. The van der Waals surface area contributed by atoms with Gasteiger partial charge in [0, 0.05) is 6.26 Å². The highest BCUT2D eigenvalue weighted by Gasteiger charge is 1.44. The summed E-state index contributed by atoms with van der Waals surface area (Å²) in [4.78, 5) is 0. The van der Waals surface area contributed by atoms with Crippen molar-refractivity contribution in [2.75, 3.05) is 6.26 Å². The maximum atomic E-state index is 9.04. The molecule has 0 aromatic carbocycles. The van der Waals surface area contributed by atoms with Crippen molar-refractivity contribution in [1.29, 1.82) is 0 Å². The Morgan fingerprint density at radius 3 is 1.40 bits per heavy atom. The minimum Gasteiger partial charge on any atom is -0.232 e. The molecule has 0 fully saturated rings. The summed E-state index contributed by atoms with van der Waals surface area (Å²) < 4.78 is 18.1. The second kappa shape index (κ2) is 3.95. The van der Waals surface area contributed by atoms with Gasteiger partial charge < -0.3 is 0 Å². The van der Waals surface area contributed by atoms with Gasteiger partial charge >= 0.3 is 0 Å². The molecule has 34 valence electrons. The lowest BCUT2D eigenvalue weighted by Crippen LogP contribution is -1.56. The smallest absolute Gasteiger partial charge is 0.137 e. The summed E-state index contributed by atoms with van der Waals surface area (Å²) in [5.41, 5.74) is 0. The maximum absolute atomic E-state index is 9.04. The molecule has 0 aliphatic carbocycles. The van der Waals surface area contributed by atoms with E-state index in [1.807, 2.05) is 0 Å². The molecule has 0 aliphatic heterocycles. The zero-order chi connectivity index (χ0) is 3.58. The van der Waals surface area contributed by atoms with Crippen LogP contribution in [0.15, 0.2) is 0 Å². The summed E-state index contributed by atoms with van der Waals surface area (Å²) in [6.45, 7) is 0. The van der Waals surface area contributed by atoms with Gasteiger partial charge in [-0.05, 0) is 0 Å². The zero-order valence-corrected chi connectivity index (χ0v) is 3.16. The first-order chi connectivity index (χ1) is 1.73. The second-order valence-corrected chi connectivity index (χ2v) is 1.32. The van der Waals surface area contributed by atoms with Crippen LogP contribution in [0.5, 0.6) is 0 Å². The van der Waals surface area contributed by atoms with Gasteiger partial charge in [0.1, 0.15) is 10.7 Å². The van der Waals surface area contributed by atoms with Crippen molar-refractivity contribution in [3.05, 3.63) is 0 Å². The van der Waals surface area contributed by atoms with Gasteiger partial charge in [0.25, 0.3) is 0 Å². The summed E-state index contributed by atoms with van der Waals surface area (Å²) in [5, 5.41) is 0. The SMILES string of the molecule is C.C[SH](=O)=O. The predicted octanol–water partition coefficient (Wildman–Crippen LogP) is -0.136. The largest absolute Gasteiger partial charge is 0.232 e. The topological polar surface area (TPSA) is 34.1 Å². The van der Waals surface area contributed by atoms with Crippen molar-refractivity contribution in [3.63, 3.8) is 0 Å². The third kappa shape index (κ3) is 6010. The third-order valence-corrected chi connectivity index (χ3v) is 0. The first-order valence-corrected chi connectivity index (χ1v) is 2.44. The summed E-state index contributed by atoms with van der Waals surface area (Å²) in [5.74, 6) is 0. The second-order valence-electron chi connectivity index (χ2n) is 0.440.